The third-order valence-corrected chi connectivity index (χ3v) is 7.73. The minimum absolute atomic E-state index is 0.0302. The lowest BCUT2D eigenvalue weighted by Gasteiger charge is -2.54. The Morgan fingerprint density at radius 2 is 2.00 bits per heavy atom. The molecule has 0 radical (unpaired) electrons. The number of anilines is 1. The van der Waals surface area contributed by atoms with Crippen molar-refractivity contribution < 1.29 is 14.2 Å². The van der Waals surface area contributed by atoms with E-state index >= 15 is 0 Å². The number of hydrogen-bond donors (Lipinski definition) is 3. The van der Waals surface area contributed by atoms with Crippen molar-refractivity contribution >= 4 is 17.3 Å². The molecule has 3 aliphatic heterocycles. The van der Waals surface area contributed by atoms with Crippen LogP contribution in [0, 0.1) is 18.7 Å². The van der Waals surface area contributed by atoms with Gasteiger partial charge in [-0.15, -0.1) is 0 Å². The van der Waals surface area contributed by atoms with Crippen LogP contribution in [0.15, 0.2) is 36.5 Å². The highest BCUT2D eigenvalue weighted by Gasteiger charge is 2.47. The molecule has 184 valence electrons. The van der Waals surface area contributed by atoms with E-state index in [0.717, 1.165) is 30.9 Å². The molecule has 3 N–H and O–H groups in total. The molecule has 9 heteroatoms. The van der Waals surface area contributed by atoms with Gasteiger partial charge in [-0.2, -0.15) is 0 Å². The summed E-state index contributed by atoms with van der Waals surface area (Å²) in [5, 5.41) is 18.5. The SMILES string of the molecule is Cc1cc(N2CCC(OC3CN4C(O)C(C)C(C)NC4C(c4ccc(Cl)cc4F)N3)C2)ccn1. The number of ether oxygens (including phenoxy) is 1. The highest BCUT2D eigenvalue weighted by Crippen LogP contribution is 2.35. The Hall–Kier alpha value is -1.81. The topological polar surface area (TPSA) is 72.9 Å². The van der Waals surface area contributed by atoms with Gasteiger partial charge in [-0.25, -0.2) is 4.39 Å². The summed E-state index contributed by atoms with van der Waals surface area (Å²) in [5.74, 6) is -0.337. The van der Waals surface area contributed by atoms with Crippen molar-refractivity contribution in [3.63, 3.8) is 0 Å². The maximum Gasteiger partial charge on any atom is 0.129 e. The van der Waals surface area contributed by atoms with Crippen LogP contribution in [0.1, 0.15) is 37.6 Å². The molecular formula is C25H33ClFN5O2. The lowest BCUT2D eigenvalue weighted by atomic mass is 9.90. The van der Waals surface area contributed by atoms with Gasteiger partial charge in [0.1, 0.15) is 18.3 Å². The summed E-state index contributed by atoms with van der Waals surface area (Å²) in [5.41, 5.74) is 2.65. The van der Waals surface area contributed by atoms with Gasteiger partial charge in [0.15, 0.2) is 0 Å². The number of aromatic nitrogens is 1. The molecule has 3 saturated heterocycles. The summed E-state index contributed by atoms with van der Waals surface area (Å²) in [6, 6.07) is 8.55. The molecule has 4 heterocycles. The first-order valence-corrected chi connectivity index (χ1v) is 12.4. The maximum absolute atomic E-state index is 15.0. The number of halogens is 2. The Labute approximate surface area is 205 Å². The quantitative estimate of drug-likeness (QED) is 0.609. The second kappa shape index (κ2) is 9.68. The van der Waals surface area contributed by atoms with E-state index < -0.39 is 12.3 Å². The van der Waals surface area contributed by atoms with E-state index in [1.165, 1.54) is 6.07 Å². The number of rotatable bonds is 4. The smallest absolute Gasteiger partial charge is 0.129 e. The second-order valence-electron chi connectivity index (χ2n) is 9.82. The molecule has 3 fully saturated rings. The molecule has 3 aliphatic rings. The number of aryl methyl sites for hydroxylation is 1. The Kier molecular flexibility index (Phi) is 6.81. The highest BCUT2D eigenvalue weighted by molar-refractivity contribution is 6.30. The molecule has 2 aromatic rings. The number of piperazine rings is 1. The van der Waals surface area contributed by atoms with Gasteiger partial charge in [0.2, 0.25) is 0 Å². The van der Waals surface area contributed by atoms with Crippen LogP contribution < -0.4 is 15.5 Å². The van der Waals surface area contributed by atoms with Crippen molar-refractivity contribution in [3.05, 3.63) is 58.6 Å². The Morgan fingerprint density at radius 3 is 2.76 bits per heavy atom. The van der Waals surface area contributed by atoms with Crippen LogP contribution in [-0.2, 0) is 4.74 Å². The first-order chi connectivity index (χ1) is 16.3. The van der Waals surface area contributed by atoms with Crippen molar-refractivity contribution in [2.45, 2.75) is 64.0 Å². The van der Waals surface area contributed by atoms with Crippen molar-refractivity contribution in [3.8, 4) is 0 Å². The van der Waals surface area contributed by atoms with Gasteiger partial charge in [0.05, 0.1) is 18.3 Å². The predicted molar refractivity (Wildman–Crippen MR) is 130 cm³/mol. The first-order valence-electron chi connectivity index (χ1n) is 12.0. The van der Waals surface area contributed by atoms with E-state index in [1.54, 1.807) is 12.1 Å². The average Bonchev–Trinajstić information content (AvgIpc) is 3.26. The molecule has 5 rings (SSSR count). The van der Waals surface area contributed by atoms with Crippen molar-refractivity contribution in [1.29, 1.82) is 0 Å². The van der Waals surface area contributed by atoms with Crippen LogP contribution in [0.2, 0.25) is 5.02 Å². The maximum atomic E-state index is 15.0. The van der Waals surface area contributed by atoms with E-state index in [0.29, 0.717) is 17.1 Å². The molecular weight excluding hydrogens is 457 g/mol. The van der Waals surface area contributed by atoms with Gasteiger partial charge < -0.3 is 14.7 Å². The van der Waals surface area contributed by atoms with Crippen LogP contribution in [0.3, 0.4) is 0 Å². The first kappa shape index (κ1) is 23.9. The fourth-order valence-corrected chi connectivity index (χ4v) is 5.57. The van der Waals surface area contributed by atoms with Crippen LogP contribution in [0.5, 0.6) is 0 Å². The predicted octanol–water partition coefficient (Wildman–Crippen LogP) is 3.02. The van der Waals surface area contributed by atoms with Gasteiger partial charge in [-0.3, -0.25) is 20.5 Å². The van der Waals surface area contributed by atoms with E-state index in [1.807, 2.05) is 31.0 Å². The van der Waals surface area contributed by atoms with Crippen molar-refractivity contribution in [2.75, 3.05) is 24.5 Å². The number of hydrogen-bond acceptors (Lipinski definition) is 7. The van der Waals surface area contributed by atoms with Crippen LogP contribution in [-0.4, -0.2) is 65.4 Å². The zero-order valence-corrected chi connectivity index (χ0v) is 20.5. The average molecular weight is 490 g/mol. The third-order valence-electron chi connectivity index (χ3n) is 7.49. The van der Waals surface area contributed by atoms with E-state index in [4.69, 9.17) is 16.3 Å². The van der Waals surface area contributed by atoms with Crippen LogP contribution >= 0.6 is 11.6 Å². The van der Waals surface area contributed by atoms with Gasteiger partial charge in [0, 0.05) is 59.8 Å². The highest BCUT2D eigenvalue weighted by atomic mass is 35.5. The fourth-order valence-electron chi connectivity index (χ4n) is 5.42. The summed E-state index contributed by atoms with van der Waals surface area (Å²) in [7, 11) is 0. The molecule has 0 saturated carbocycles. The lowest BCUT2D eigenvalue weighted by Crippen LogP contribution is -2.72. The molecule has 0 aliphatic carbocycles. The summed E-state index contributed by atoms with van der Waals surface area (Å²) < 4.78 is 21.5. The Bertz CT molecular complexity index is 1030. The van der Waals surface area contributed by atoms with Gasteiger partial charge in [-0.05, 0) is 44.5 Å². The zero-order chi connectivity index (χ0) is 24.0. The molecule has 7 nitrogen and oxygen atoms in total. The van der Waals surface area contributed by atoms with Gasteiger partial charge in [-0.1, -0.05) is 24.6 Å². The molecule has 1 aromatic heterocycles. The van der Waals surface area contributed by atoms with E-state index in [9.17, 15) is 9.50 Å². The Morgan fingerprint density at radius 1 is 1.18 bits per heavy atom. The molecule has 0 spiro atoms. The summed E-state index contributed by atoms with van der Waals surface area (Å²) in [4.78, 5) is 8.60. The number of nitrogens with zero attached hydrogens (tertiary/aromatic N) is 3. The standard InChI is InChI=1S/C25H33ClFN5O2/c1-14-10-18(6-8-28-14)31-9-7-19(12-31)34-22-13-32-24(29-16(3)15(2)25(32)33)23(30-22)20-5-4-17(26)11-21(20)27/h4-6,8,10-11,15-16,19,22-25,29-30,33H,7,9,12-13H2,1-3H3. The minimum atomic E-state index is -0.646. The Balaban J connectivity index is 1.35. The molecule has 1 aromatic carbocycles. The normalized spacial score (nSPS) is 34.3. The lowest BCUT2D eigenvalue weighted by molar-refractivity contribution is -0.172. The third kappa shape index (κ3) is 4.67. The zero-order valence-electron chi connectivity index (χ0n) is 19.8. The summed E-state index contributed by atoms with van der Waals surface area (Å²) in [6.07, 6.45) is 1.50. The molecule has 0 bridgehead atoms. The monoisotopic (exact) mass is 489 g/mol. The number of benzene rings is 1. The van der Waals surface area contributed by atoms with Crippen LogP contribution in [0.4, 0.5) is 10.1 Å². The van der Waals surface area contributed by atoms with E-state index in [-0.39, 0.29) is 36.3 Å². The number of fused-ring (bicyclic) bond motifs is 1. The number of pyridine rings is 1. The van der Waals surface area contributed by atoms with Gasteiger partial charge in [0.25, 0.3) is 0 Å². The summed E-state index contributed by atoms with van der Waals surface area (Å²) >= 11 is 6.01. The molecule has 34 heavy (non-hydrogen) atoms. The second-order valence-corrected chi connectivity index (χ2v) is 10.3. The molecule has 7 atom stereocenters. The van der Waals surface area contributed by atoms with Crippen LogP contribution in [0.25, 0.3) is 0 Å². The number of aliphatic hydroxyl groups is 1. The van der Waals surface area contributed by atoms with Crippen molar-refractivity contribution in [2.24, 2.45) is 5.92 Å². The summed E-state index contributed by atoms with van der Waals surface area (Å²) in [6.45, 7) is 8.26. The molecule has 7 unspecified atom stereocenters. The molecule has 0 amide bonds. The van der Waals surface area contributed by atoms with E-state index in [2.05, 4.69) is 33.5 Å². The van der Waals surface area contributed by atoms with Gasteiger partial charge >= 0.3 is 0 Å². The minimum Gasteiger partial charge on any atom is -0.378 e. The largest absolute Gasteiger partial charge is 0.378 e. The van der Waals surface area contributed by atoms with Crippen molar-refractivity contribution in [1.82, 2.24) is 20.5 Å². The fraction of sp³-hybridized carbons (Fsp3) is 0.560. The number of nitrogens with one attached hydrogen (secondary N) is 2. The number of aliphatic hydroxyl groups excluding tert-OH is 1.